The molecule has 6 heteroatoms. The first kappa shape index (κ1) is 13.9. The zero-order chi connectivity index (χ0) is 14.5. The highest BCUT2D eigenvalue weighted by molar-refractivity contribution is 6.30. The minimum absolute atomic E-state index is 0.0575. The molecule has 0 saturated carbocycles. The molecule has 0 radical (unpaired) electrons. The lowest BCUT2D eigenvalue weighted by molar-refractivity contribution is 0.0691. The quantitative estimate of drug-likeness (QED) is 0.757. The summed E-state index contributed by atoms with van der Waals surface area (Å²) < 4.78 is 0. The Bertz CT molecular complexity index is 658. The van der Waals surface area contributed by atoms with Gasteiger partial charge in [0.25, 0.3) is 5.91 Å². The van der Waals surface area contributed by atoms with Crippen LogP contribution < -0.4 is 10.9 Å². The molecule has 5 nitrogen and oxygen atoms in total. The van der Waals surface area contributed by atoms with E-state index in [9.17, 15) is 9.59 Å². The lowest BCUT2D eigenvalue weighted by atomic mass is 10.1. The topological polar surface area (TPSA) is 78.4 Å². The Balaban J connectivity index is 2.11. The van der Waals surface area contributed by atoms with Gasteiger partial charge in [-0.05, 0) is 30.3 Å². The number of hydrogen-bond donors (Lipinski definition) is 3. The van der Waals surface area contributed by atoms with Gasteiger partial charge in [-0.3, -0.25) is 15.6 Å². The molecule has 20 heavy (non-hydrogen) atoms. The second-order valence-electron chi connectivity index (χ2n) is 3.94. The fraction of sp³-hybridized carbons (Fsp3) is 0. The monoisotopic (exact) mass is 290 g/mol. The van der Waals surface area contributed by atoms with E-state index in [4.69, 9.17) is 16.7 Å². The van der Waals surface area contributed by atoms with Crippen LogP contribution in [0.2, 0.25) is 5.02 Å². The van der Waals surface area contributed by atoms with Crippen molar-refractivity contribution >= 4 is 29.2 Å². The number of carboxylic acids is 1. The van der Waals surface area contributed by atoms with Gasteiger partial charge in [0.05, 0.1) is 16.8 Å². The van der Waals surface area contributed by atoms with Gasteiger partial charge in [0.15, 0.2) is 0 Å². The maximum Gasteiger partial charge on any atom is 0.336 e. The van der Waals surface area contributed by atoms with Crippen molar-refractivity contribution in [2.45, 2.75) is 0 Å². The standard InChI is InChI=1S/C14H11ClN2O3/c15-9-4-3-5-10(8-9)16-17-13(18)11-6-1-2-7-12(11)14(19)20/h1-8,16H,(H,17,18)(H,19,20). The van der Waals surface area contributed by atoms with Crippen molar-refractivity contribution in [3.8, 4) is 0 Å². The molecule has 1 amide bonds. The molecule has 2 aromatic rings. The molecule has 0 aliphatic carbocycles. The molecule has 0 unspecified atom stereocenters. The molecular formula is C14H11ClN2O3. The summed E-state index contributed by atoms with van der Waals surface area (Å²) in [5.74, 6) is -1.69. The summed E-state index contributed by atoms with van der Waals surface area (Å²) in [6.45, 7) is 0. The van der Waals surface area contributed by atoms with E-state index < -0.39 is 11.9 Å². The van der Waals surface area contributed by atoms with E-state index in [0.717, 1.165) is 0 Å². The average Bonchev–Trinajstić information content (AvgIpc) is 2.45. The summed E-state index contributed by atoms with van der Waals surface area (Å²) in [5.41, 5.74) is 5.72. The predicted molar refractivity (Wildman–Crippen MR) is 75.9 cm³/mol. The number of rotatable bonds is 4. The molecule has 0 atom stereocenters. The summed E-state index contributed by atoms with van der Waals surface area (Å²) in [4.78, 5) is 23.0. The number of carbonyl (C=O) groups excluding carboxylic acids is 1. The summed E-state index contributed by atoms with van der Waals surface area (Å²) in [5, 5.41) is 9.54. The first-order chi connectivity index (χ1) is 9.58. The van der Waals surface area contributed by atoms with Crippen molar-refractivity contribution in [3.63, 3.8) is 0 Å². The number of hydrazine groups is 1. The Morgan fingerprint density at radius 3 is 2.35 bits per heavy atom. The van der Waals surface area contributed by atoms with Crippen molar-refractivity contribution in [2.75, 3.05) is 5.43 Å². The van der Waals surface area contributed by atoms with Crippen molar-refractivity contribution in [1.82, 2.24) is 5.43 Å². The molecule has 102 valence electrons. The number of aromatic carboxylic acids is 1. The molecule has 3 N–H and O–H groups in total. The average molecular weight is 291 g/mol. The van der Waals surface area contributed by atoms with Crippen molar-refractivity contribution in [3.05, 3.63) is 64.7 Å². The van der Waals surface area contributed by atoms with E-state index in [2.05, 4.69) is 10.9 Å². The van der Waals surface area contributed by atoms with E-state index in [1.54, 1.807) is 36.4 Å². The molecule has 0 spiro atoms. The normalized spacial score (nSPS) is 9.85. The van der Waals surface area contributed by atoms with Crippen LogP contribution in [0.15, 0.2) is 48.5 Å². The molecule has 0 fully saturated rings. The van der Waals surface area contributed by atoms with Gasteiger partial charge in [-0.15, -0.1) is 0 Å². The van der Waals surface area contributed by atoms with Gasteiger partial charge in [-0.1, -0.05) is 29.8 Å². The second-order valence-corrected chi connectivity index (χ2v) is 4.38. The number of hydrogen-bond acceptors (Lipinski definition) is 3. The largest absolute Gasteiger partial charge is 0.478 e. The van der Waals surface area contributed by atoms with E-state index in [-0.39, 0.29) is 11.1 Å². The number of halogens is 1. The third kappa shape index (κ3) is 3.27. The summed E-state index contributed by atoms with van der Waals surface area (Å²) >= 11 is 5.81. The molecule has 0 saturated heterocycles. The molecule has 2 aromatic carbocycles. The summed E-state index contributed by atoms with van der Waals surface area (Å²) in [7, 11) is 0. The fourth-order valence-electron chi connectivity index (χ4n) is 1.63. The van der Waals surface area contributed by atoms with Gasteiger partial charge >= 0.3 is 5.97 Å². The summed E-state index contributed by atoms with van der Waals surface area (Å²) in [6.07, 6.45) is 0. The number of nitrogens with one attached hydrogen (secondary N) is 2. The first-order valence-electron chi connectivity index (χ1n) is 5.72. The van der Waals surface area contributed by atoms with Crippen LogP contribution in [-0.4, -0.2) is 17.0 Å². The van der Waals surface area contributed by atoms with E-state index in [1.165, 1.54) is 12.1 Å². The SMILES string of the molecule is O=C(O)c1ccccc1C(=O)NNc1cccc(Cl)c1. The van der Waals surface area contributed by atoms with Crippen LogP contribution in [0.3, 0.4) is 0 Å². The highest BCUT2D eigenvalue weighted by Crippen LogP contribution is 2.14. The Morgan fingerprint density at radius 1 is 1.00 bits per heavy atom. The number of carboxylic acid groups (broad SMARTS) is 1. The van der Waals surface area contributed by atoms with Crippen LogP contribution in [-0.2, 0) is 0 Å². The molecular weight excluding hydrogens is 280 g/mol. The van der Waals surface area contributed by atoms with Gasteiger partial charge in [-0.2, -0.15) is 0 Å². The van der Waals surface area contributed by atoms with Crippen LogP contribution in [0, 0.1) is 0 Å². The smallest absolute Gasteiger partial charge is 0.336 e. The van der Waals surface area contributed by atoms with E-state index in [0.29, 0.717) is 10.7 Å². The molecule has 0 heterocycles. The molecule has 2 rings (SSSR count). The molecule has 0 bridgehead atoms. The minimum Gasteiger partial charge on any atom is -0.478 e. The van der Waals surface area contributed by atoms with Crippen molar-refractivity contribution in [1.29, 1.82) is 0 Å². The van der Waals surface area contributed by atoms with Gasteiger partial charge < -0.3 is 5.11 Å². The predicted octanol–water partition coefficient (Wildman–Crippen LogP) is 2.80. The second kappa shape index (κ2) is 6.08. The van der Waals surface area contributed by atoms with Crippen LogP contribution in [0.25, 0.3) is 0 Å². The Hall–Kier alpha value is -2.53. The molecule has 0 aromatic heterocycles. The van der Waals surface area contributed by atoms with Gasteiger partial charge in [-0.25, -0.2) is 4.79 Å². The van der Waals surface area contributed by atoms with Crippen LogP contribution in [0.1, 0.15) is 20.7 Å². The van der Waals surface area contributed by atoms with Crippen molar-refractivity contribution in [2.24, 2.45) is 0 Å². The summed E-state index contributed by atoms with van der Waals surface area (Å²) in [6, 6.07) is 12.7. The third-order valence-electron chi connectivity index (χ3n) is 2.55. The Morgan fingerprint density at radius 2 is 1.70 bits per heavy atom. The zero-order valence-corrected chi connectivity index (χ0v) is 11.0. The molecule has 0 aliphatic rings. The highest BCUT2D eigenvalue weighted by Gasteiger charge is 2.15. The number of amides is 1. The van der Waals surface area contributed by atoms with E-state index >= 15 is 0 Å². The zero-order valence-electron chi connectivity index (χ0n) is 10.3. The van der Waals surface area contributed by atoms with Gasteiger partial charge in [0.1, 0.15) is 0 Å². The van der Waals surface area contributed by atoms with E-state index in [1.807, 2.05) is 0 Å². The Labute approximate surface area is 120 Å². The van der Waals surface area contributed by atoms with Crippen molar-refractivity contribution < 1.29 is 14.7 Å². The lowest BCUT2D eigenvalue weighted by Crippen LogP contribution is -2.30. The number of benzene rings is 2. The van der Waals surface area contributed by atoms with Crippen LogP contribution in [0.4, 0.5) is 5.69 Å². The van der Waals surface area contributed by atoms with Crippen LogP contribution in [0.5, 0.6) is 0 Å². The number of carbonyl (C=O) groups is 2. The minimum atomic E-state index is -1.15. The van der Waals surface area contributed by atoms with Gasteiger partial charge in [0, 0.05) is 5.02 Å². The third-order valence-corrected chi connectivity index (χ3v) is 2.78. The first-order valence-corrected chi connectivity index (χ1v) is 6.10. The highest BCUT2D eigenvalue weighted by atomic mass is 35.5. The maximum absolute atomic E-state index is 12.0. The number of anilines is 1. The Kier molecular flexibility index (Phi) is 4.22. The molecule has 0 aliphatic heterocycles. The lowest BCUT2D eigenvalue weighted by Gasteiger charge is -2.10. The van der Waals surface area contributed by atoms with Crippen LogP contribution >= 0.6 is 11.6 Å². The fourth-order valence-corrected chi connectivity index (χ4v) is 1.82. The van der Waals surface area contributed by atoms with Gasteiger partial charge in [0.2, 0.25) is 0 Å². The maximum atomic E-state index is 12.0.